The van der Waals surface area contributed by atoms with E-state index in [-0.39, 0.29) is 6.10 Å². The van der Waals surface area contributed by atoms with Gasteiger partial charge in [-0.05, 0) is 44.6 Å². The van der Waals surface area contributed by atoms with Crippen molar-refractivity contribution in [2.24, 2.45) is 0 Å². The molecule has 3 heteroatoms. The van der Waals surface area contributed by atoms with E-state index in [1.165, 1.54) is 5.56 Å². The highest BCUT2D eigenvalue weighted by atomic mass is 16.5. The second-order valence-electron chi connectivity index (χ2n) is 5.01. The number of ether oxygens (including phenoxy) is 1. The Bertz CT molecular complexity index is 331. The lowest BCUT2D eigenvalue weighted by molar-refractivity contribution is 0.242. The van der Waals surface area contributed by atoms with Gasteiger partial charge in [-0.1, -0.05) is 26.0 Å². The van der Waals surface area contributed by atoms with Gasteiger partial charge in [-0.2, -0.15) is 0 Å². The Hall–Kier alpha value is -1.06. The SMILES string of the molecule is CCN(CC)CCNCc1ccc(OC(C)C)cc1. The normalized spacial score (nSPS) is 11.3. The molecule has 0 radical (unpaired) electrons. The van der Waals surface area contributed by atoms with E-state index in [1.807, 2.05) is 26.0 Å². The first-order valence-corrected chi connectivity index (χ1v) is 7.34. The molecule has 0 saturated carbocycles. The van der Waals surface area contributed by atoms with Gasteiger partial charge in [0, 0.05) is 19.6 Å². The molecule has 0 aliphatic rings. The Morgan fingerprint density at radius 1 is 1.11 bits per heavy atom. The van der Waals surface area contributed by atoms with Crippen molar-refractivity contribution in [3.8, 4) is 5.75 Å². The number of nitrogens with zero attached hydrogens (tertiary/aromatic N) is 1. The molecule has 0 bridgehead atoms. The molecule has 1 N–H and O–H groups in total. The highest BCUT2D eigenvalue weighted by Crippen LogP contribution is 2.13. The van der Waals surface area contributed by atoms with Crippen LogP contribution in [0.4, 0.5) is 0 Å². The minimum Gasteiger partial charge on any atom is -0.491 e. The molecule has 0 aliphatic heterocycles. The molecule has 0 aliphatic carbocycles. The van der Waals surface area contributed by atoms with Crippen LogP contribution in [0.1, 0.15) is 33.3 Å². The van der Waals surface area contributed by atoms with Crippen LogP contribution in [-0.4, -0.2) is 37.2 Å². The largest absolute Gasteiger partial charge is 0.491 e. The molecular weight excluding hydrogens is 236 g/mol. The summed E-state index contributed by atoms with van der Waals surface area (Å²) in [5.41, 5.74) is 1.30. The van der Waals surface area contributed by atoms with Crippen molar-refractivity contribution < 1.29 is 4.74 Å². The molecule has 19 heavy (non-hydrogen) atoms. The van der Waals surface area contributed by atoms with Gasteiger partial charge in [-0.15, -0.1) is 0 Å². The van der Waals surface area contributed by atoms with Gasteiger partial charge in [0.05, 0.1) is 6.10 Å². The van der Waals surface area contributed by atoms with Crippen LogP contribution >= 0.6 is 0 Å². The van der Waals surface area contributed by atoms with Crippen LogP contribution in [0.5, 0.6) is 5.75 Å². The molecule has 3 nitrogen and oxygen atoms in total. The van der Waals surface area contributed by atoms with Gasteiger partial charge in [0.15, 0.2) is 0 Å². The summed E-state index contributed by atoms with van der Waals surface area (Å²) in [6, 6.07) is 8.34. The second-order valence-corrected chi connectivity index (χ2v) is 5.01. The molecule has 0 aromatic heterocycles. The van der Waals surface area contributed by atoms with Crippen molar-refractivity contribution in [3.63, 3.8) is 0 Å². The maximum Gasteiger partial charge on any atom is 0.119 e. The van der Waals surface area contributed by atoms with Crippen molar-refractivity contribution in [2.75, 3.05) is 26.2 Å². The summed E-state index contributed by atoms with van der Waals surface area (Å²) in [4.78, 5) is 2.42. The van der Waals surface area contributed by atoms with Gasteiger partial charge in [0.25, 0.3) is 0 Å². The number of rotatable bonds is 9. The minimum atomic E-state index is 0.234. The van der Waals surface area contributed by atoms with Crippen LogP contribution < -0.4 is 10.1 Å². The van der Waals surface area contributed by atoms with Gasteiger partial charge in [-0.25, -0.2) is 0 Å². The topological polar surface area (TPSA) is 24.5 Å². The third kappa shape index (κ3) is 6.60. The summed E-state index contributed by atoms with van der Waals surface area (Å²) in [7, 11) is 0. The van der Waals surface area contributed by atoms with Gasteiger partial charge >= 0.3 is 0 Å². The smallest absolute Gasteiger partial charge is 0.119 e. The lowest BCUT2D eigenvalue weighted by Crippen LogP contribution is -2.31. The highest BCUT2D eigenvalue weighted by molar-refractivity contribution is 5.27. The molecule has 0 atom stereocenters. The highest BCUT2D eigenvalue weighted by Gasteiger charge is 2.00. The van der Waals surface area contributed by atoms with Crippen molar-refractivity contribution in [1.29, 1.82) is 0 Å². The molecule has 1 aromatic rings. The fraction of sp³-hybridized carbons (Fsp3) is 0.625. The number of nitrogens with one attached hydrogen (secondary N) is 1. The van der Waals surface area contributed by atoms with E-state index in [0.717, 1.165) is 38.5 Å². The summed E-state index contributed by atoms with van der Waals surface area (Å²) >= 11 is 0. The molecule has 0 amide bonds. The quantitative estimate of drug-likeness (QED) is 0.694. The third-order valence-corrected chi connectivity index (χ3v) is 3.12. The first-order chi connectivity index (χ1) is 9.15. The average molecular weight is 264 g/mol. The van der Waals surface area contributed by atoms with E-state index in [1.54, 1.807) is 0 Å². The Morgan fingerprint density at radius 2 is 1.74 bits per heavy atom. The third-order valence-electron chi connectivity index (χ3n) is 3.12. The maximum atomic E-state index is 5.63. The van der Waals surface area contributed by atoms with Crippen LogP contribution in [0.3, 0.4) is 0 Å². The predicted molar refractivity (Wildman–Crippen MR) is 81.7 cm³/mol. The number of hydrogen-bond acceptors (Lipinski definition) is 3. The van der Waals surface area contributed by atoms with Gasteiger partial charge in [-0.3, -0.25) is 0 Å². The average Bonchev–Trinajstić information content (AvgIpc) is 2.40. The van der Waals surface area contributed by atoms with E-state index in [4.69, 9.17) is 4.74 Å². The zero-order valence-electron chi connectivity index (χ0n) is 12.8. The molecule has 0 unspecified atom stereocenters. The van der Waals surface area contributed by atoms with Gasteiger partial charge < -0.3 is 15.0 Å². The summed E-state index contributed by atoms with van der Waals surface area (Å²) in [6.45, 7) is 13.8. The zero-order valence-corrected chi connectivity index (χ0v) is 12.8. The van der Waals surface area contributed by atoms with Gasteiger partial charge in [0.2, 0.25) is 0 Å². The van der Waals surface area contributed by atoms with Crippen LogP contribution in [0.2, 0.25) is 0 Å². The van der Waals surface area contributed by atoms with Crippen molar-refractivity contribution in [1.82, 2.24) is 10.2 Å². The maximum absolute atomic E-state index is 5.63. The monoisotopic (exact) mass is 264 g/mol. The molecule has 1 rings (SSSR count). The lowest BCUT2D eigenvalue weighted by Gasteiger charge is -2.18. The fourth-order valence-electron chi connectivity index (χ4n) is 1.97. The van der Waals surface area contributed by atoms with Crippen molar-refractivity contribution in [2.45, 2.75) is 40.3 Å². The predicted octanol–water partition coefficient (Wildman–Crippen LogP) is 2.91. The molecule has 0 fully saturated rings. The number of hydrogen-bond donors (Lipinski definition) is 1. The molecule has 0 heterocycles. The molecule has 0 spiro atoms. The Kier molecular flexibility index (Phi) is 7.53. The van der Waals surface area contributed by atoms with E-state index >= 15 is 0 Å². The second kappa shape index (κ2) is 8.94. The van der Waals surface area contributed by atoms with Crippen LogP contribution in [-0.2, 0) is 6.54 Å². The van der Waals surface area contributed by atoms with E-state index in [9.17, 15) is 0 Å². The fourth-order valence-corrected chi connectivity index (χ4v) is 1.97. The van der Waals surface area contributed by atoms with Crippen LogP contribution in [0, 0.1) is 0 Å². The standard InChI is InChI=1S/C16H28N2O/c1-5-18(6-2)12-11-17-13-15-7-9-16(10-8-15)19-14(3)4/h7-10,14,17H,5-6,11-13H2,1-4H3. The molecule has 1 aromatic carbocycles. The Labute approximate surface area is 118 Å². The van der Waals surface area contributed by atoms with Crippen LogP contribution in [0.25, 0.3) is 0 Å². The molecule has 0 saturated heterocycles. The molecular formula is C16H28N2O. The van der Waals surface area contributed by atoms with Gasteiger partial charge in [0.1, 0.15) is 5.75 Å². The Morgan fingerprint density at radius 3 is 2.26 bits per heavy atom. The summed E-state index contributed by atoms with van der Waals surface area (Å²) < 4.78 is 5.63. The molecule has 108 valence electrons. The van der Waals surface area contributed by atoms with Crippen molar-refractivity contribution >= 4 is 0 Å². The minimum absolute atomic E-state index is 0.234. The first-order valence-electron chi connectivity index (χ1n) is 7.34. The Balaban J connectivity index is 2.26. The summed E-state index contributed by atoms with van der Waals surface area (Å²) in [5, 5.41) is 3.48. The number of benzene rings is 1. The summed E-state index contributed by atoms with van der Waals surface area (Å²) in [5.74, 6) is 0.946. The number of likely N-dealkylation sites (N-methyl/N-ethyl adjacent to an activating group) is 1. The van der Waals surface area contributed by atoms with Crippen LogP contribution in [0.15, 0.2) is 24.3 Å². The first kappa shape index (κ1) is 16.0. The van der Waals surface area contributed by atoms with Crippen molar-refractivity contribution in [3.05, 3.63) is 29.8 Å². The zero-order chi connectivity index (χ0) is 14.1. The van der Waals surface area contributed by atoms with E-state index < -0.39 is 0 Å². The summed E-state index contributed by atoms with van der Waals surface area (Å²) in [6.07, 6.45) is 0.234. The van der Waals surface area contributed by atoms with E-state index in [2.05, 4.69) is 36.2 Å². The van der Waals surface area contributed by atoms with E-state index in [0.29, 0.717) is 0 Å². The lowest BCUT2D eigenvalue weighted by atomic mass is 10.2.